The van der Waals surface area contributed by atoms with E-state index in [-0.39, 0.29) is 28.8 Å². The smallest absolute Gasteiger partial charge is 0.257 e. The number of carbonyl (C=O) groups is 1. The molecular weight excluding hydrogens is 346 g/mol. The van der Waals surface area contributed by atoms with E-state index in [1.54, 1.807) is 13.4 Å². The SMILES string of the molecule is COc1ccc(S(N)(=O)=O)cc1C(=O)N(C)Cc1nncn1C(C)C. The van der Waals surface area contributed by atoms with Gasteiger partial charge in [-0.25, -0.2) is 13.6 Å². The maximum Gasteiger partial charge on any atom is 0.257 e. The normalized spacial score (nSPS) is 11.6. The first kappa shape index (κ1) is 18.9. The summed E-state index contributed by atoms with van der Waals surface area (Å²) in [6.45, 7) is 4.17. The third kappa shape index (κ3) is 4.15. The Balaban J connectivity index is 2.34. The summed E-state index contributed by atoms with van der Waals surface area (Å²) in [7, 11) is -0.941. The van der Waals surface area contributed by atoms with Crippen molar-refractivity contribution < 1.29 is 17.9 Å². The molecular formula is C15H21N5O4S. The molecule has 0 spiro atoms. The van der Waals surface area contributed by atoms with Gasteiger partial charge in [0.05, 0.1) is 24.1 Å². The molecule has 0 aliphatic carbocycles. The average Bonchev–Trinajstić information content (AvgIpc) is 3.00. The van der Waals surface area contributed by atoms with E-state index in [1.807, 2.05) is 18.4 Å². The summed E-state index contributed by atoms with van der Waals surface area (Å²) in [4.78, 5) is 14.0. The second-order valence-corrected chi connectivity index (χ2v) is 7.38. The third-order valence-corrected chi connectivity index (χ3v) is 4.57. The highest BCUT2D eigenvalue weighted by Crippen LogP contribution is 2.23. The molecule has 9 nitrogen and oxygen atoms in total. The Morgan fingerprint density at radius 3 is 2.64 bits per heavy atom. The van der Waals surface area contributed by atoms with Crippen LogP contribution in [0.4, 0.5) is 0 Å². The summed E-state index contributed by atoms with van der Waals surface area (Å²) < 4.78 is 30.1. The monoisotopic (exact) mass is 367 g/mol. The van der Waals surface area contributed by atoms with Crippen LogP contribution in [0.1, 0.15) is 36.1 Å². The summed E-state index contributed by atoms with van der Waals surface area (Å²) in [6.07, 6.45) is 1.60. The number of carbonyl (C=O) groups excluding carboxylic acids is 1. The van der Waals surface area contributed by atoms with Crippen LogP contribution in [0, 0.1) is 0 Å². The Morgan fingerprint density at radius 2 is 2.08 bits per heavy atom. The Hall–Kier alpha value is -2.46. The molecule has 1 aromatic carbocycles. The molecule has 10 heteroatoms. The molecule has 2 aromatic rings. The molecule has 2 rings (SSSR count). The van der Waals surface area contributed by atoms with E-state index in [0.717, 1.165) is 0 Å². The summed E-state index contributed by atoms with van der Waals surface area (Å²) in [6, 6.07) is 4.05. The van der Waals surface area contributed by atoms with Gasteiger partial charge in [-0.05, 0) is 32.0 Å². The topological polar surface area (TPSA) is 120 Å². The van der Waals surface area contributed by atoms with Crippen LogP contribution in [0.15, 0.2) is 29.4 Å². The number of benzene rings is 1. The van der Waals surface area contributed by atoms with Gasteiger partial charge in [-0.1, -0.05) is 0 Å². The van der Waals surface area contributed by atoms with Crippen LogP contribution in [-0.2, 0) is 16.6 Å². The second-order valence-electron chi connectivity index (χ2n) is 5.82. The second kappa shape index (κ2) is 7.19. The van der Waals surface area contributed by atoms with E-state index < -0.39 is 15.9 Å². The van der Waals surface area contributed by atoms with Crippen molar-refractivity contribution in [3.63, 3.8) is 0 Å². The molecule has 1 heterocycles. The number of ether oxygens (including phenoxy) is 1. The lowest BCUT2D eigenvalue weighted by atomic mass is 10.1. The first-order chi connectivity index (χ1) is 11.6. The van der Waals surface area contributed by atoms with Gasteiger partial charge in [0.1, 0.15) is 12.1 Å². The van der Waals surface area contributed by atoms with Gasteiger partial charge in [0.15, 0.2) is 5.82 Å². The predicted molar refractivity (Wildman–Crippen MR) is 90.6 cm³/mol. The van der Waals surface area contributed by atoms with Crippen LogP contribution in [0.3, 0.4) is 0 Å². The highest BCUT2D eigenvalue weighted by atomic mass is 32.2. The van der Waals surface area contributed by atoms with E-state index in [2.05, 4.69) is 10.2 Å². The van der Waals surface area contributed by atoms with Gasteiger partial charge >= 0.3 is 0 Å². The number of nitrogens with two attached hydrogens (primary N) is 1. The van der Waals surface area contributed by atoms with Crippen molar-refractivity contribution in [2.75, 3.05) is 14.2 Å². The van der Waals surface area contributed by atoms with Crippen molar-refractivity contribution in [1.82, 2.24) is 19.7 Å². The quantitative estimate of drug-likeness (QED) is 0.806. The molecule has 0 saturated heterocycles. The molecule has 25 heavy (non-hydrogen) atoms. The van der Waals surface area contributed by atoms with Gasteiger partial charge < -0.3 is 14.2 Å². The fraction of sp³-hybridized carbons (Fsp3) is 0.400. The molecule has 0 atom stereocenters. The maximum atomic E-state index is 12.8. The number of primary sulfonamides is 1. The van der Waals surface area contributed by atoms with Crippen LogP contribution in [0.5, 0.6) is 5.75 Å². The number of amides is 1. The van der Waals surface area contributed by atoms with Gasteiger partial charge in [-0.15, -0.1) is 10.2 Å². The van der Waals surface area contributed by atoms with E-state index >= 15 is 0 Å². The molecule has 0 saturated carbocycles. The molecule has 0 radical (unpaired) electrons. The van der Waals surface area contributed by atoms with Crippen LogP contribution >= 0.6 is 0 Å². The lowest BCUT2D eigenvalue weighted by molar-refractivity contribution is 0.0775. The van der Waals surface area contributed by atoms with Crippen LogP contribution in [0.25, 0.3) is 0 Å². The third-order valence-electron chi connectivity index (χ3n) is 3.66. The molecule has 136 valence electrons. The number of methoxy groups -OCH3 is 1. The first-order valence-corrected chi connectivity index (χ1v) is 9.04. The van der Waals surface area contributed by atoms with Gasteiger partial charge in [0, 0.05) is 13.1 Å². The fourth-order valence-electron chi connectivity index (χ4n) is 2.33. The van der Waals surface area contributed by atoms with Crippen LogP contribution in [0.2, 0.25) is 0 Å². The van der Waals surface area contributed by atoms with Crippen molar-refractivity contribution in [3.05, 3.63) is 35.9 Å². The number of rotatable bonds is 6. The Morgan fingerprint density at radius 1 is 1.40 bits per heavy atom. The summed E-state index contributed by atoms with van der Waals surface area (Å²) in [5, 5.41) is 13.0. The molecule has 1 aromatic heterocycles. The molecule has 0 unspecified atom stereocenters. The van der Waals surface area contributed by atoms with E-state index in [0.29, 0.717) is 5.82 Å². The number of hydrogen-bond acceptors (Lipinski definition) is 6. The Kier molecular flexibility index (Phi) is 5.43. The molecule has 1 amide bonds. The Bertz CT molecular complexity index is 876. The zero-order valence-electron chi connectivity index (χ0n) is 14.5. The van der Waals surface area contributed by atoms with Gasteiger partial charge in [0.25, 0.3) is 5.91 Å². The predicted octanol–water partition coefficient (Wildman–Crippen LogP) is 0.787. The number of sulfonamides is 1. The van der Waals surface area contributed by atoms with Crippen molar-refractivity contribution in [3.8, 4) is 5.75 Å². The maximum absolute atomic E-state index is 12.8. The standard InChI is InChI=1S/C15H21N5O4S/c1-10(2)20-9-17-18-14(20)8-19(3)15(21)12-7-11(25(16,22)23)5-6-13(12)24-4/h5-7,9-10H,8H2,1-4H3,(H2,16,22,23). The van der Waals surface area contributed by atoms with E-state index in [1.165, 1.54) is 30.2 Å². The van der Waals surface area contributed by atoms with Crippen molar-refractivity contribution in [2.45, 2.75) is 31.3 Å². The zero-order chi connectivity index (χ0) is 18.8. The summed E-state index contributed by atoms with van der Waals surface area (Å²) in [5.41, 5.74) is 0.104. The summed E-state index contributed by atoms with van der Waals surface area (Å²) in [5.74, 6) is 0.461. The highest BCUT2D eigenvalue weighted by molar-refractivity contribution is 7.89. The molecule has 0 bridgehead atoms. The van der Waals surface area contributed by atoms with Crippen LogP contribution < -0.4 is 9.88 Å². The minimum Gasteiger partial charge on any atom is -0.496 e. The van der Waals surface area contributed by atoms with Crippen molar-refractivity contribution in [1.29, 1.82) is 0 Å². The molecule has 0 aliphatic rings. The largest absolute Gasteiger partial charge is 0.496 e. The minimum absolute atomic E-state index is 0.104. The Labute approximate surface area is 146 Å². The van der Waals surface area contributed by atoms with Crippen molar-refractivity contribution >= 4 is 15.9 Å². The van der Waals surface area contributed by atoms with Gasteiger partial charge in [-0.3, -0.25) is 4.79 Å². The zero-order valence-corrected chi connectivity index (χ0v) is 15.3. The molecule has 0 fully saturated rings. The summed E-state index contributed by atoms with van der Waals surface area (Å²) >= 11 is 0. The van der Waals surface area contributed by atoms with Crippen molar-refractivity contribution in [2.24, 2.45) is 5.14 Å². The van der Waals surface area contributed by atoms with E-state index in [9.17, 15) is 13.2 Å². The first-order valence-electron chi connectivity index (χ1n) is 7.49. The van der Waals surface area contributed by atoms with E-state index in [4.69, 9.17) is 9.88 Å². The number of hydrogen-bond donors (Lipinski definition) is 1. The molecule has 2 N–H and O–H groups in total. The minimum atomic E-state index is -3.93. The number of nitrogens with zero attached hydrogens (tertiary/aromatic N) is 4. The molecule has 0 aliphatic heterocycles. The van der Waals surface area contributed by atoms with Gasteiger partial charge in [-0.2, -0.15) is 0 Å². The highest BCUT2D eigenvalue weighted by Gasteiger charge is 2.21. The lowest BCUT2D eigenvalue weighted by Crippen LogP contribution is -2.28. The lowest BCUT2D eigenvalue weighted by Gasteiger charge is -2.20. The fourth-order valence-corrected chi connectivity index (χ4v) is 2.87. The van der Waals surface area contributed by atoms with Crippen LogP contribution in [-0.4, -0.2) is 48.1 Å². The average molecular weight is 367 g/mol. The number of aromatic nitrogens is 3. The van der Waals surface area contributed by atoms with Gasteiger partial charge in [0.2, 0.25) is 10.0 Å².